The van der Waals surface area contributed by atoms with Crippen LogP contribution in [0.4, 0.5) is 10.5 Å². The Balaban J connectivity index is 1.74. The molecule has 2 heterocycles. The minimum Gasteiger partial charge on any atom is -0.496 e. The van der Waals surface area contributed by atoms with Crippen LogP contribution in [0.15, 0.2) is 65.1 Å². The summed E-state index contributed by atoms with van der Waals surface area (Å²) in [7, 11) is 1.68. The van der Waals surface area contributed by atoms with Gasteiger partial charge in [0.1, 0.15) is 23.2 Å². The summed E-state index contributed by atoms with van der Waals surface area (Å²) in [5.74, 6) is 1.55. The van der Waals surface area contributed by atoms with Crippen LogP contribution >= 0.6 is 15.9 Å². The van der Waals surface area contributed by atoms with E-state index in [0.29, 0.717) is 6.42 Å². The second-order valence-electron chi connectivity index (χ2n) is 11.5. The highest BCUT2D eigenvalue weighted by molar-refractivity contribution is 9.10. The highest BCUT2D eigenvalue weighted by Gasteiger charge is 2.42. The summed E-state index contributed by atoms with van der Waals surface area (Å²) in [4.78, 5) is 15.4. The van der Waals surface area contributed by atoms with Crippen molar-refractivity contribution in [2.75, 3.05) is 12.0 Å². The smallest absolute Gasteiger partial charge is 0.415 e. The molecule has 2 aliphatic rings. The first-order chi connectivity index (χ1) is 17.9. The van der Waals surface area contributed by atoms with Crippen molar-refractivity contribution in [3.05, 3.63) is 81.8 Å². The number of halogens is 1. The third-order valence-electron chi connectivity index (χ3n) is 6.98. The number of anilines is 1. The van der Waals surface area contributed by atoms with Gasteiger partial charge in [-0.3, -0.25) is 4.90 Å². The van der Waals surface area contributed by atoms with Crippen LogP contribution in [-0.2, 0) is 11.2 Å². The zero-order valence-electron chi connectivity index (χ0n) is 23.0. The van der Waals surface area contributed by atoms with Gasteiger partial charge >= 0.3 is 6.09 Å². The number of benzene rings is 3. The lowest BCUT2D eigenvalue weighted by atomic mass is 9.79. The highest BCUT2D eigenvalue weighted by Crippen LogP contribution is 2.53. The molecular weight excluding hydrogens is 542 g/mol. The molecule has 5 nitrogen and oxygen atoms in total. The lowest BCUT2D eigenvalue weighted by Crippen LogP contribution is -2.51. The molecule has 0 radical (unpaired) electrons. The van der Waals surface area contributed by atoms with Gasteiger partial charge in [-0.2, -0.15) is 0 Å². The zero-order chi connectivity index (χ0) is 27.4. The maximum absolute atomic E-state index is 13.6. The molecule has 0 fully saturated rings. The molecule has 1 amide bonds. The fraction of sp³-hybridized carbons (Fsp3) is 0.344. The van der Waals surface area contributed by atoms with Crippen LogP contribution in [0.1, 0.15) is 64.3 Å². The third kappa shape index (κ3) is 4.71. The molecule has 6 heteroatoms. The third-order valence-corrected chi connectivity index (χ3v) is 7.51. The summed E-state index contributed by atoms with van der Waals surface area (Å²) in [6.07, 6.45) is 2.20. The Morgan fingerprint density at radius 3 is 2.42 bits per heavy atom. The number of hydrogen-bond acceptors (Lipinski definition) is 4. The van der Waals surface area contributed by atoms with Gasteiger partial charge in [0.05, 0.1) is 23.9 Å². The number of fused-ring (bicyclic) bond motifs is 5. The Bertz CT molecular complexity index is 1430. The quantitative estimate of drug-likeness (QED) is 0.313. The predicted molar refractivity (Wildman–Crippen MR) is 156 cm³/mol. The maximum atomic E-state index is 13.6. The summed E-state index contributed by atoms with van der Waals surface area (Å²) in [6, 6.07) is 18.4. The van der Waals surface area contributed by atoms with E-state index in [1.54, 1.807) is 12.0 Å². The first-order valence-electron chi connectivity index (χ1n) is 12.9. The van der Waals surface area contributed by atoms with Gasteiger partial charge in [0.15, 0.2) is 0 Å². The van der Waals surface area contributed by atoms with Gasteiger partial charge in [-0.15, -0.1) is 0 Å². The molecule has 198 valence electrons. The van der Waals surface area contributed by atoms with Gasteiger partial charge < -0.3 is 14.2 Å². The van der Waals surface area contributed by atoms with E-state index < -0.39 is 11.1 Å². The second kappa shape index (κ2) is 9.49. The summed E-state index contributed by atoms with van der Waals surface area (Å²) in [5, 5.41) is 0. The van der Waals surface area contributed by atoms with E-state index in [1.807, 2.05) is 58.9 Å². The molecule has 3 aromatic carbocycles. The fourth-order valence-electron chi connectivity index (χ4n) is 5.61. The van der Waals surface area contributed by atoms with Crippen molar-refractivity contribution in [3.63, 3.8) is 0 Å². The number of hydrogen-bond donors (Lipinski definition) is 0. The summed E-state index contributed by atoms with van der Waals surface area (Å²) >= 11 is 3.54. The van der Waals surface area contributed by atoms with Gasteiger partial charge in [0, 0.05) is 22.0 Å². The van der Waals surface area contributed by atoms with Crippen molar-refractivity contribution in [2.24, 2.45) is 0 Å². The molecule has 1 atom stereocenters. The van der Waals surface area contributed by atoms with Crippen molar-refractivity contribution >= 4 is 33.3 Å². The SMILES string of the molecule is COc1cccc2c1-c1ccc3c(c1C(Cc1ccc(Br)cc1)O2)C(C)=CC(C)(C)N3C(=O)OC(C)(C)C. The van der Waals surface area contributed by atoms with E-state index in [1.165, 1.54) is 0 Å². The van der Waals surface area contributed by atoms with Crippen LogP contribution in [0.2, 0.25) is 0 Å². The molecule has 0 saturated carbocycles. The molecular formula is C32H34BrNO4. The van der Waals surface area contributed by atoms with Crippen molar-refractivity contribution in [2.45, 2.75) is 65.2 Å². The van der Waals surface area contributed by atoms with Crippen LogP contribution in [0.5, 0.6) is 11.5 Å². The Morgan fingerprint density at radius 2 is 1.76 bits per heavy atom. The molecule has 0 aliphatic carbocycles. The van der Waals surface area contributed by atoms with Crippen LogP contribution in [0.25, 0.3) is 16.7 Å². The Hall–Kier alpha value is -3.25. The standard InChI is InChI=1S/C32H34BrNO4/c1-19-18-32(5,6)34(30(35)38-31(2,3)4)23-16-15-22-28-24(36-7)9-8-10-25(28)37-26(29(22)27(19)23)17-20-11-13-21(33)14-12-20/h8-16,18,26H,17H2,1-7H3. The number of methoxy groups -OCH3 is 1. The summed E-state index contributed by atoms with van der Waals surface area (Å²) in [6.45, 7) is 11.9. The molecule has 0 N–H and O–H groups in total. The first-order valence-corrected chi connectivity index (χ1v) is 13.7. The minimum absolute atomic E-state index is 0.259. The van der Waals surface area contributed by atoms with E-state index >= 15 is 0 Å². The van der Waals surface area contributed by atoms with Crippen molar-refractivity contribution in [3.8, 4) is 22.6 Å². The average molecular weight is 577 g/mol. The molecule has 1 unspecified atom stereocenters. The van der Waals surface area contributed by atoms with Crippen LogP contribution in [0, 0.1) is 0 Å². The molecule has 5 rings (SSSR count). The number of nitrogens with zero attached hydrogens (tertiary/aromatic N) is 1. The average Bonchev–Trinajstić information content (AvgIpc) is 2.82. The van der Waals surface area contributed by atoms with E-state index in [2.05, 4.69) is 59.3 Å². The fourth-order valence-corrected chi connectivity index (χ4v) is 5.88. The Labute approximate surface area is 233 Å². The maximum Gasteiger partial charge on any atom is 0.415 e. The number of rotatable bonds is 3. The number of carbonyl (C=O) groups is 1. The number of ether oxygens (including phenoxy) is 3. The summed E-state index contributed by atoms with van der Waals surface area (Å²) < 4.78 is 19.4. The van der Waals surface area contributed by atoms with E-state index in [0.717, 1.165) is 55.0 Å². The van der Waals surface area contributed by atoms with Crippen molar-refractivity contribution < 1.29 is 19.0 Å². The number of carbonyl (C=O) groups excluding carboxylic acids is 1. The molecule has 0 spiro atoms. The number of allylic oxidation sites excluding steroid dienone is 1. The zero-order valence-corrected chi connectivity index (χ0v) is 24.6. The first kappa shape index (κ1) is 26.4. The topological polar surface area (TPSA) is 48.0 Å². The van der Waals surface area contributed by atoms with E-state index in [-0.39, 0.29) is 12.2 Å². The predicted octanol–water partition coefficient (Wildman–Crippen LogP) is 8.74. The summed E-state index contributed by atoms with van der Waals surface area (Å²) in [5.41, 5.74) is 5.95. The van der Waals surface area contributed by atoms with E-state index in [4.69, 9.17) is 14.2 Å². The van der Waals surface area contributed by atoms with Crippen LogP contribution in [0.3, 0.4) is 0 Å². The molecule has 0 aromatic heterocycles. The van der Waals surface area contributed by atoms with Gasteiger partial charge in [-0.1, -0.05) is 46.3 Å². The van der Waals surface area contributed by atoms with Crippen LogP contribution in [-0.4, -0.2) is 24.3 Å². The van der Waals surface area contributed by atoms with E-state index in [9.17, 15) is 4.79 Å². The second-order valence-corrected chi connectivity index (χ2v) is 12.4. The monoisotopic (exact) mass is 575 g/mol. The highest BCUT2D eigenvalue weighted by atomic mass is 79.9. The molecule has 0 bridgehead atoms. The van der Waals surface area contributed by atoms with Crippen molar-refractivity contribution in [1.29, 1.82) is 0 Å². The normalized spacial score (nSPS) is 17.4. The minimum atomic E-state index is -0.614. The lowest BCUT2D eigenvalue weighted by Gasteiger charge is -2.43. The van der Waals surface area contributed by atoms with Crippen LogP contribution < -0.4 is 14.4 Å². The molecule has 38 heavy (non-hydrogen) atoms. The Kier molecular flexibility index (Phi) is 6.59. The molecule has 2 aliphatic heterocycles. The lowest BCUT2D eigenvalue weighted by molar-refractivity contribution is 0.0556. The Morgan fingerprint density at radius 1 is 1.05 bits per heavy atom. The van der Waals surface area contributed by atoms with Gasteiger partial charge in [-0.25, -0.2) is 4.79 Å². The largest absolute Gasteiger partial charge is 0.496 e. The van der Waals surface area contributed by atoms with Gasteiger partial charge in [-0.05, 0) is 88.6 Å². The van der Waals surface area contributed by atoms with Crippen molar-refractivity contribution in [1.82, 2.24) is 0 Å². The van der Waals surface area contributed by atoms with Gasteiger partial charge in [0.2, 0.25) is 0 Å². The number of amides is 1. The molecule has 3 aromatic rings. The molecule has 0 saturated heterocycles. The van der Waals surface area contributed by atoms with Gasteiger partial charge in [0.25, 0.3) is 0 Å².